The maximum Gasteiger partial charge on any atom is 0.249 e. The van der Waals surface area contributed by atoms with Crippen LogP contribution in [0.2, 0.25) is 0 Å². The standard InChI is InChI=1S/C17H28N2O2/c1-12(2)13-14(20)18-17(10-5-4-6-11-17)15(21)19(13)16(3)8-7-9-16/h12-13H,4-11H2,1-3H3,(H,18,20). The molecule has 4 heteroatoms. The molecule has 3 aliphatic rings. The van der Waals surface area contributed by atoms with Crippen LogP contribution in [0.5, 0.6) is 0 Å². The van der Waals surface area contributed by atoms with Gasteiger partial charge in [0.05, 0.1) is 0 Å². The molecule has 21 heavy (non-hydrogen) atoms. The third kappa shape index (κ3) is 2.18. The van der Waals surface area contributed by atoms with E-state index in [0.29, 0.717) is 0 Å². The third-order valence-electron chi connectivity index (χ3n) is 5.89. The van der Waals surface area contributed by atoms with Crippen LogP contribution in [0.15, 0.2) is 0 Å². The summed E-state index contributed by atoms with van der Waals surface area (Å²) in [6, 6.07) is -0.296. The molecule has 1 atom stereocenters. The highest BCUT2D eigenvalue weighted by atomic mass is 16.2. The first-order chi connectivity index (χ1) is 9.90. The van der Waals surface area contributed by atoms with Crippen molar-refractivity contribution in [3.8, 4) is 0 Å². The second kappa shape index (κ2) is 4.99. The van der Waals surface area contributed by atoms with Crippen LogP contribution in [0.3, 0.4) is 0 Å². The molecular weight excluding hydrogens is 264 g/mol. The lowest BCUT2D eigenvalue weighted by atomic mass is 9.71. The largest absolute Gasteiger partial charge is 0.340 e. The molecule has 1 spiro atoms. The quantitative estimate of drug-likeness (QED) is 0.850. The highest BCUT2D eigenvalue weighted by molar-refractivity contribution is 6.00. The van der Waals surface area contributed by atoms with Crippen molar-refractivity contribution < 1.29 is 9.59 Å². The Bertz CT molecular complexity index is 448. The van der Waals surface area contributed by atoms with Crippen LogP contribution in [0.1, 0.15) is 72.1 Å². The number of carbonyl (C=O) groups is 2. The predicted octanol–water partition coefficient (Wildman–Crippen LogP) is 2.61. The maximum absolute atomic E-state index is 13.3. The van der Waals surface area contributed by atoms with Gasteiger partial charge in [0, 0.05) is 5.54 Å². The minimum absolute atomic E-state index is 0.0691. The molecule has 1 unspecified atom stereocenters. The number of hydrogen-bond donors (Lipinski definition) is 1. The fourth-order valence-corrected chi connectivity index (χ4v) is 4.44. The summed E-state index contributed by atoms with van der Waals surface area (Å²) in [6.45, 7) is 6.26. The minimum Gasteiger partial charge on any atom is -0.340 e. The number of nitrogens with one attached hydrogen (secondary N) is 1. The number of nitrogens with zero attached hydrogens (tertiary/aromatic N) is 1. The molecule has 1 saturated heterocycles. The molecule has 4 nitrogen and oxygen atoms in total. The second-order valence-corrected chi connectivity index (χ2v) is 7.85. The highest BCUT2D eigenvalue weighted by Gasteiger charge is 2.57. The number of hydrogen-bond acceptors (Lipinski definition) is 2. The molecule has 0 aromatic heterocycles. The van der Waals surface area contributed by atoms with Gasteiger partial charge in [-0.25, -0.2) is 0 Å². The fourth-order valence-electron chi connectivity index (χ4n) is 4.44. The lowest BCUT2D eigenvalue weighted by Crippen LogP contribution is -2.76. The van der Waals surface area contributed by atoms with Crippen LogP contribution < -0.4 is 5.32 Å². The summed E-state index contributed by atoms with van der Waals surface area (Å²) in [5.41, 5.74) is -0.701. The normalized spacial score (nSPS) is 31.2. The Hall–Kier alpha value is -1.06. The Balaban J connectivity index is 1.97. The molecule has 2 amide bonds. The maximum atomic E-state index is 13.3. The summed E-state index contributed by atoms with van der Waals surface area (Å²) in [6.07, 6.45) is 8.13. The van der Waals surface area contributed by atoms with Gasteiger partial charge < -0.3 is 10.2 Å². The lowest BCUT2D eigenvalue weighted by Gasteiger charge is -2.58. The van der Waals surface area contributed by atoms with Crippen molar-refractivity contribution in [1.82, 2.24) is 10.2 Å². The first kappa shape index (κ1) is 14.9. The van der Waals surface area contributed by atoms with Gasteiger partial charge in [0.1, 0.15) is 11.6 Å². The van der Waals surface area contributed by atoms with Crippen LogP contribution in [0, 0.1) is 5.92 Å². The fraction of sp³-hybridized carbons (Fsp3) is 0.882. The van der Waals surface area contributed by atoms with Crippen LogP contribution >= 0.6 is 0 Å². The van der Waals surface area contributed by atoms with E-state index >= 15 is 0 Å². The van der Waals surface area contributed by atoms with Gasteiger partial charge in [0.25, 0.3) is 0 Å². The van der Waals surface area contributed by atoms with E-state index in [1.54, 1.807) is 0 Å². The molecule has 3 rings (SSSR count). The Morgan fingerprint density at radius 3 is 2.14 bits per heavy atom. The van der Waals surface area contributed by atoms with Crippen molar-refractivity contribution in [2.75, 3.05) is 0 Å². The van der Waals surface area contributed by atoms with E-state index in [1.807, 2.05) is 18.7 Å². The summed E-state index contributed by atoms with van der Waals surface area (Å²) < 4.78 is 0. The molecule has 1 aliphatic heterocycles. The summed E-state index contributed by atoms with van der Waals surface area (Å²) in [5, 5.41) is 3.13. The molecule has 0 radical (unpaired) electrons. The third-order valence-corrected chi connectivity index (χ3v) is 5.89. The minimum atomic E-state index is -0.598. The smallest absolute Gasteiger partial charge is 0.249 e. The predicted molar refractivity (Wildman–Crippen MR) is 81.7 cm³/mol. The SMILES string of the molecule is CC(C)C1C(=O)NC2(CCCCC2)C(=O)N1C1(C)CCC1. The van der Waals surface area contributed by atoms with Gasteiger partial charge in [0.2, 0.25) is 11.8 Å². The van der Waals surface area contributed by atoms with E-state index in [4.69, 9.17) is 0 Å². The van der Waals surface area contributed by atoms with Crippen LogP contribution in [-0.2, 0) is 9.59 Å². The zero-order chi connectivity index (χ0) is 15.3. The molecule has 2 aliphatic carbocycles. The van der Waals surface area contributed by atoms with Gasteiger partial charge in [0.15, 0.2) is 0 Å². The molecule has 0 aromatic carbocycles. The van der Waals surface area contributed by atoms with Crippen molar-refractivity contribution in [3.05, 3.63) is 0 Å². The number of carbonyl (C=O) groups excluding carboxylic acids is 2. The monoisotopic (exact) mass is 292 g/mol. The average Bonchev–Trinajstić information content (AvgIpc) is 2.40. The van der Waals surface area contributed by atoms with Gasteiger partial charge in [-0.3, -0.25) is 9.59 Å². The van der Waals surface area contributed by atoms with E-state index < -0.39 is 5.54 Å². The van der Waals surface area contributed by atoms with Crippen molar-refractivity contribution in [3.63, 3.8) is 0 Å². The Morgan fingerprint density at radius 2 is 1.67 bits per heavy atom. The number of rotatable bonds is 2. The molecule has 118 valence electrons. The highest BCUT2D eigenvalue weighted by Crippen LogP contribution is 2.44. The number of piperazine rings is 1. The van der Waals surface area contributed by atoms with Gasteiger partial charge in [-0.2, -0.15) is 0 Å². The van der Waals surface area contributed by atoms with Gasteiger partial charge in [-0.15, -0.1) is 0 Å². The lowest BCUT2D eigenvalue weighted by molar-refractivity contribution is -0.171. The van der Waals surface area contributed by atoms with Crippen molar-refractivity contribution in [1.29, 1.82) is 0 Å². The Morgan fingerprint density at radius 1 is 1.05 bits per heavy atom. The van der Waals surface area contributed by atoms with E-state index in [0.717, 1.165) is 38.5 Å². The van der Waals surface area contributed by atoms with Gasteiger partial charge in [-0.1, -0.05) is 33.1 Å². The molecule has 3 fully saturated rings. The van der Waals surface area contributed by atoms with Gasteiger partial charge >= 0.3 is 0 Å². The van der Waals surface area contributed by atoms with E-state index in [-0.39, 0.29) is 29.3 Å². The zero-order valence-corrected chi connectivity index (χ0v) is 13.6. The van der Waals surface area contributed by atoms with Crippen LogP contribution in [0.25, 0.3) is 0 Å². The van der Waals surface area contributed by atoms with E-state index in [9.17, 15) is 9.59 Å². The topological polar surface area (TPSA) is 49.4 Å². The Kier molecular flexibility index (Phi) is 3.53. The zero-order valence-electron chi connectivity index (χ0n) is 13.6. The first-order valence-electron chi connectivity index (χ1n) is 8.55. The molecule has 0 bridgehead atoms. The van der Waals surface area contributed by atoms with Crippen LogP contribution in [0.4, 0.5) is 0 Å². The Labute approximate surface area is 127 Å². The van der Waals surface area contributed by atoms with Crippen molar-refractivity contribution >= 4 is 11.8 Å². The average molecular weight is 292 g/mol. The summed E-state index contributed by atoms with van der Waals surface area (Å²) in [7, 11) is 0. The second-order valence-electron chi connectivity index (χ2n) is 7.85. The first-order valence-corrected chi connectivity index (χ1v) is 8.55. The van der Waals surface area contributed by atoms with Crippen LogP contribution in [-0.4, -0.2) is 33.8 Å². The van der Waals surface area contributed by atoms with Gasteiger partial charge in [-0.05, 0) is 44.9 Å². The molecule has 1 N–H and O–H groups in total. The van der Waals surface area contributed by atoms with E-state index in [1.165, 1.54) is 12.8 Å². The molecule has 2 saturated carbocycles. The summed E-state index contributed by atoms with van der Waals surface area (Å²) >= 11 is 0. The van der Waals surface area contributed by atoms with Crippen molar-refractivity contribution in [2.45, 2.75) is 89.3 Å². The molecular formula is C17H28N2O2. The van der Waals surface area contributed by atoms with Crippen molar-refractivity contribution in [2.24, 2.45) is 5.92 Å². The van der Waals surface area contributed by atoms with E-state index in [2.05, 4.69) is 12.2 Å². The summed E-state index contributed by atoms with van der Waals surface area (Å²) in [4.78, 5) is 28.1. The number of amides is 2. The molecule has 1 heterocycles. The summed E-state index contributed by atoms with van der Waals surface area (Å²) in [5.74, 6) is 0.426. The molecule has 0 aromatic rings.